The van der Waals surface area contributed by atoms with Crippen LogP contribution in [0.3, 0.4) is 0 Å². The monoisotopic (exact) mass is 531 g/mol. The molecule has 3 aromatic heterocycles. The summed E-state index contributed by atoms with van der Waals surface area (Å²) in [7, 11) is 0. The van der Waals surface area contributed by atoms with Crippen molar-refractivity contribution in [3.8, 4) is 11.6 Å². The fourth-order valence-electron chi connectivity index (χ4n) is 6.05. The quantitative estimate of drug-likeness (QED) is 0.294. The van der Waals surface area contributed by atoms with Gasteiger partial charge in [-0.15, -0.1) is 0 Å². The third kappa shape index (κ3) is 4.97. The highest BCUT2D eigenvalue weighted by Gasteiger charge is 2.35. The van der Waals surface area contributed by atoms with Crippen LogP contribution in [-0.2, 0) is 12.1 Å². The molecule has 2 fully saturated rings. The van der Waals surface area contributed by atoms with Gasteiger partial charge in [0.2, 0.25) is 11.6 Å². The van der Waals surface area contributed by atoms with Gasteiger partial charge in [-0.25, -0.2) is 19.7 Å². The molecule has 1 aromatic carbocycles. The first-order valence-corrected chi connectivity index (χ1v) is 14.2. The molecule has 1 unspecified atom stereocenters. The Morgan fingerprint density at radius 2 is 1.87 bits per heavy atom. The number of benzene rings is 1. The van der Waals surface area contributed by atoms with Crippen molar-refractivity contribution in [2.75, 3.05) is 5.32 Å². The van der Waals surface area contributed by atoms with E-state index in [0.717, 1.165) is 36.4 Å². The van der Waals surface area contributed by atoms with Crippen LogP contribution >= 0.6 is 0 Å². The number of fused-ring (bicyclic) bond motifs is 1. The van der Waals surface area contributed by atoms with Crippen LogP contribution in [0.5, 0.6) is 0 Å². The number of H-pyrrole nitrogens is 1. The third-order valence-electron chi connectivity index (χ3n) is 8.82. The number of nitrogens with zero attached hydrogens (tertiary/aromatic N) is 5. The Labute approximate surface area is 227 Å². The zero-order valence-electron chi connectivity index (χ0n) is 22.9. The average molecular weight is 532 g/mol. The summed E-state index contributed by atoms with van der Waals surface area (Å²) in [5, 5.41) is 19.5. The van der Waals surface area contributed by atoms with E-state index in [4.69, 9.17) is 19.5 Å². The van der Waals surface area contributed by atoms with Crippen LogP contribution in [0.25, 0.3) is 22.8 Å². The Morgan fingerprint density at radius 1 is 1.13 bits per heavy atom. The number of nitrogens with one attached hydrogen (secondary N) is 2. The van der Waals surface area contributed by atoms with E-state index >= 15 is 0 Å². The van der Waals surface area contributed by atoms with Crippen molar-refractivity contribution >= 4 is 17.0 Å². The maximum absolute atomic E-state index is 12.0. The largest absolute Gasteiger partial charge is 0.439 e. The van der Waals surface area contributed by atoms with Crippen molar-refractivity contribution in [2.24, 2.45) is 17.8 Å². The zero-order chi connectivity index (χ0) is 27.1. The van der Waals surface area contributed by atoms with Crippen molar-refractivity contribution in [3.63, 3.8) is 0 Å². The Balaban J connectivity index is 1.53. The number of hydrogen-bond acceptors (Lipinski definition) is 8. The highest BCUT2D eigenvalue weighted by molar-refractivity contribution is 5.86. The Hall–Kier alpha value is -3.53. The third-order valence-corrected chi connectivity index (χ3v) is 8.82. The molecule has 0 spiro atoms. The van der Waals surface area contributed by atoms with Crippen LogP contribution in [0.2, 0.25) is 0 Å². The van der Waals surface area contributed by atoms with Gasteiger partial charge in [0.15, 0.2) is 11.5 Å². The minimum atomic E-state index is -1.36. The molecule has 2 atom stereocenters. The summed E-state index contributed by atoms with van der Waals surface area (Å²) < 4.78 is 6.87. The van der Waals surface area contributed by atoms with E-state index in [1.807, 2.05) is 30.3 Å². The normalized spacial score (nSPS) is 22.4. The summed E-state index contributed by atoms with van der Waals surface area (Å²) in [6.45, 7) is 7.01. The average Bonchev–Trinajstić information content (AvgIpc) is 3.49. The fraction of sp³-hybridized carbons (Fsp3) is 0.552. The van der Waals surface area contributed by atoms with Gasteiger partial charge in [-0.3, -0.25) is 9.51 Å². The van der Waals surface area contributed by atoms with Gasteiger partial charge in [-0.05, 0) is 62.8 Å². The Bertz CT molecular complexity index is 1490. The summed E-state index contributed by atoms with van der Waals surface area (Å²) in [4.78, 5) is 28.8. The van der Waals surface area contributed by atoms with Crippen LogP contribution in [0.1, 0.15) is 77.1 Å². The van der Waals surface area contributed by atoms with Crippen LogP contribution < -0.4 is 11.1 Å². The van der Waals surface area contributed by atoms with E-state index in [1.54, 1.807) is 6.92 Å². The Morgan fingerprint density at radius 3 is 2.51 bits per heavy atom. The molecule has 0 radical (unpaired) electrons. The number of aromatic nitrogens is 6. The van der Waals surface area contributed by atoms with Gasteiger partial charge >= 0.3 is 5.76 Å². The smallest absolute Gasteiger partial charge is 0.377 e. The molecule has 0 aliphatic heterocycles. The number of anilines is 1. The first-order chi connectivity index (χ1) is 18.8. The molecule has 39 heavy (non-hydrogen) atoms. The molecule has 2 aliphatic rings. The maximum atomic E-state index is 12.0. The molecular formula is C29H37N7O3. The van der Waals surface area contributed by atoms with E-state index in [-0.39, 0.29) is 17.7 Å². The molecule has 4 aromatic rings. The van der Waals surface area contributed by atoms with Gasteiger partial charge in [0.05, 0.1) is 0 Å². The topological polar surface area (TPSA) is 135 Å². The first-order valence-electron chi connectivity index (χ1n) is 14.2. The van der Waals surface area contributed by atoms with Crippen LogP contribution in [0.4, 0.5) is 5.82 Å². The molecule has 0 bridgehead atoms. The molecule has 2 saturated carbocycles. The van der Waals surface area contributed by atoms with Gasteiger partial charge in [0, 0.05) is 12.6 Å². The second kappa shape index (κ2) is 10.2. The molecule has 0 saturated heterocycles. The second-order valence-electron chi connectivity index (χ2n) is 11.7. The highest BCUT2D eigenvalue weighted by atomic mass is 16.5. The van der Waals surface area contributed by atoms with E-state index < -0.39 is 11.4 Å². The van der Waals surface area contributed by atoms with Crippen molar-refractivity contribution in [1.82, 2.24) is 29.7 Å². The van der Waals surface area contributed by atoms with Gasteiger partial charge in [-0.2, -0.15) is 0 Å². The molecule has 0 amide bonds. The van der Waals surface area contributed by atoms with Gasteiger partial charge in [0.25, 0.3) is 0 Å². The van der Waals surface area contributed by atoms with Crippen molar-refractivity contribution in [2.45, 2.75) is 83.9 Å². The summed E-state index contributed by atoms with van der Waals surface area (Å²) in [6, 6.07) is 9.81. The van der Waals surface area contributed by atoms with Crippen molar-refractivity contribution in [1.29, 1.82) is 0 Å². The summed E-state index contributed by atoms with van der Waals surface area (Å²) in [6.07, 6.45) is 8.27. The highest BCUT2D eigenvalue weighted by Crippen LogP contribution is 2.38. The van der Waals surface area contributed by atoms with Crippen molar-refractivity contribution < 1.29 is 9.63 Å². The molecule has 2 aliphatic carbocycles. The molecule has 206 valence electrons. The number of hydrogen-bond donors (Lipinski definition) is 3. The van der Waals surface area contributed by atoms with Crippen molar-refractivity contribution in [3.05, 3.63) is 52.3 Å². The first kappa shape index (κ1) is 25.7. The molecule has 3 heterocycles. The van der Waals surface area contributed by atoms with E-state index in [2.05, 4.69) is 33.9 Å². The molecular weight excluding hydrogens is 494 g/mol. The number of aromatic amines is 1. The molecule has 10 heteroatoms. The lowest BCUT2D eigenvalue weighted by Gasteiger charge is -2.33. The summed E-state index contributed by atoms with van der Waals surface area (Å²) >= 11 is 0. The lowest BCUT2D eigenvalue weighted by atomic mass is 9.80. The fourth-order valence-corrected chi connectivity index (χ4v) is 6.05. The molecule has 6 rings (SSSR count). The Kier molecular flexibility index (Phi) is 6.74. The standard InChI is InChI=1S/C29H37N7O3/c1-17-12-14-19(15-13-17)16-36-22-23(30-18(2)20-8-7-9-20)31-25(26-34-28(37)39-35-26)32-24(22)33-27(36)29(3,38)21-10-5-4-6-11-21/h4-6,10-11,17-20,38H,7-9,12-16H2,1-3H3,(H,30,31,32)(H,34,35,37)/t17?,18-,19?,29?/m1/s1. The number of rotatable bonds is 8. The predicted molar refractivity (Wildman–Crippen MR) is 148 cm³/mol. The predicted octanol–water partition coefficient (Wildman–Crippen LogP) is 4.85. The second-order valence-corrected chi connectivity index (χ2v) is 11.7. The zero-order valence-corrected chi connectivity index (χ0v) is 22.9. The summed E-state index contributed by atoms with van der Waals surface area (Å²) in [5.41, 5.74) is 0.608. The van der Waals surface area contributed by atoms with Gasteiger partial charge in [0.1, 0.15) is 16.9 Å². The molecule has 10 nitrogen and oxygen atoms in total. The van der Waals surface area contributed by atoms with Crippen LogP contribution in [-0.4, -0.2) is 40.8 Å². The van der Waals surface area contributed by atoms with Gasteiger partial charge < -0.3 is 15.0 Å². The molecule has 3 N–H and O–H groups in total. The van der Waals surface area contributed by atoms with E-state index in [1.165, 1.54) is 32.1 Å². The number of aliphatic hydroxyl groups is 1. The lowest BCUT2D eigenvalue weighted by molar-refractivity contribution is 0.0866. The van der Waals surface area contributed by atoms with Crippen LogP contribution in [0, 0.1) is 17.8 Å². The van der Waals surface area contributed by atoms with E-state index in [9.17, 15) is 9.90 Å². The SMILES string of the molecule is CC1CCC(Cn2c(C(C)(O)c3ccccc3)nc3nc(-c4noc(=O)[nH]4)nc(N[C@H](C)C4CCC4)c32)CC1. The number of imidazole rings is 1. The van der Waals surface area contributed by atoms with E-state index in [0.29, 0.717) is 29.1 Å². The van der Waals surface area contributed by atoms with Crippen LogP contribution in [0.15, 0.2) is 39.6 Å². The summed E-state index contributed by atoms with van der Waals surface area (Å²) in [5.74, 6) is 2.62. The lowest BCUT2D eigenvalue weighted by Crippen LogP contribution is -2.32. The van der Waals surface area contributed by atoms with Gasteiger partial charge in [-0.1, -0.05) is 61.7 Å². The minimum Gasteiger partial charge on any atom is -0.377 e. The maximum Gasteiger partial charge on any atom is 0.439 e. The minimum absolute atomic E-state index is 0.147.